The van der Waals surface area contributed by atoms with Gasteiger partial charge < -0.3 is 19.4 Å². The number of nitrogens with zero attached hydrogens (tertiary/aromatic N) is 1. The van der Waals surface area contributed by atoms with Gasteiger partial charge >= 0.3 is 12.0 Å². The fourth-order valence-electron chi connectivity index (χ4n) is 1.98. The van der Waals surface area contributed by atoms with Crippen LogP contribution >= 0.6 is 0 Å². The standard InChI is InChI=1S/C13H16N2O4/c1-4-18-12(16)10-8(2)15(3)13(17)14-11(10)9-6-5-7-19-9/h5-7,11H,4H2,1-3H3,(H,14,17)/t11-/m0/s1. The Bertz CT molecular complexity index is 519. The summed E-state index contributed by atoms with van der Waals surface area (Å²) in [5, 5.41) is 2.72. The fourth-order valence-corrected chi connectivity index (χ4v) is 1.98. The molecule has 0 saturated carbocycles. The number of hydrogen-bond acceptors (Lipinski definition) is 4. The Morgan fingerprint density at radius 1 is 1.58 bits per heavy atom. The van der Waals surface area contributed by atoms with E-state index >= 15 is 0 Å². The van der Waals surface area contributed by atoms with Crippen molar-refractivity contribution < 1.29 is 18.7 Å². The topological polar surface area (TPSA) is 71.8 Å². The monoisotopic (exact) mass is 264 g/mol. The van der Waals surface area contributed by atoms with Crippen molar-refractivity contribution in [1.29, 1.82) is 0 Å². The Kier molecular flexibility index (Phi) is 3.59. The molecule has 0 aliphatic carbocycles. The van der Waals surface area contributed by atoms with Gasteiger partial charge in [0.1, 0.15) is 11.8 Å². The number of allylic oxidation sites excluding steroid dienone is 1. The molecule has 0 fully saturated rings. The molecule has 2 amide bonds. The highest BCUT2D eigenvalue weighted by Crippen LogP contribution is 2.30. The van der Waals surface area contributed by atoms with Crippen molar-refractivity contribution in [3.05, 3.63) is 35.4 Å². The molecule has 1 aromatic rings. The lowest BCUT2D eigenvalue weighted by Crippen LogP contribution is -2.46. The molecule has 19 heavy (non-hydrogen) atoms. The first-order chi connectivity index (χ1) is 9.06. The molecule has 102 valence electrons. The summed E-state index contributed by atoms with van der Waals surface area (Å²) in [5.74, 6) is 0.0529. The Balaban J connectivity index is 2.45. The molecule has 1 N–H and O–H groups in total. The molecule has 2 rings (SSSR count). The SMILES string of the molecule is CCOC(=O)C1=C(C)N(C)C(=O)N[C@H]1c1ccco1. The summed E-state index contributed by atoms with van der Waals surface area (Å²) in [6.07, 6.45) is 1.50. The molecule has 2 heterocycles. The van der Waals surface area contributed by atoms with Gasteiger partial charge in [-0.05, 0) is 26.0 Å². The van der Waals surface area contributed by atoms with Crippen LogP contribution in [-0.2, 0) is 9.53 Å². The maximum atomic E-state index is 12.1. The summed E-state index contributed by atoms with van der Waals surface area (Å²) in [7, 11) is 1.60. The fraction of sp³-hybridized carbons (Fsp3) is 0.385. The molecule has 0 radical (unpaired) electrons. The van der Waals surface area contributed by atoms with E-state index in [4.69, 9.17) is 9.15 Å². The number of esters is 1. The highest BCUT2D eigenvalue weighted by Gasteiger charge is 2.36. The van der Waals surface area contributed by atoms with Gasteiger partial charge in [-0.1, -0.05) is 0 Å². The van der Waals surface area contributed by atoms with E-state index in [0.717, 1.165) is 0 Å². The number of nitrogens with one attached hydrogen (secondary N) is 1. The van der Waals surface area contributed by atoms with Crippen LogP contribution in [0.25, 0.3) is 0 Å². The zero-order valence-corrected chi connectivity index (χ0v) is 11.1. The quantitative estimate of drug-likeness (QED) is 0.845. The number of urea groups is 1. The number of carbonyl (C=O) groups is 2. The molecule has 6 heteroatoms. The van der Waals surface area contributed by atoms with E-state index < -0.39 is 12.0 Å². The highest BCUT2D eigenvalue weighted by atomic mass is 16.5. The van der Waals surface area contributed by atoms with Crippen LogP contribution in [0, 0.1) is 0 Å². The summed E-state index contributed by atoms with van der Waals surface area (Å²) < 4.78 is 10.3. The predicted octanol–water partition coefficient (Wildman–Crippen LogP) is 1.81. The molecular weight excluding hydrogens is 248 g/mol. The normalized spacial score (nSPS) is 19.4. The second-order valence-electron chi connectivity index (χ2n) is 4.18. The first kappa shape index (κ1) is 13.2. The van der Waals surface area contributed by atoms with Crippen LogP contribution < -0.4 is 5.32 Å². The predicted molar refractivity (Wildman–Crippen MR) is 67.1 cm³/mol. The lowest BCUT2D eigenvalue weighted by atomic mass is 10.0. The minimum absolute atomic E-state index is 0.276. The van der Waals surface area contributed by atoms with Gasteiger partial charge in [-0.15, -0.1) is 0 Å². The second-order valence-corrected chi connectivity index (χ2v) is 4.18. The smallest absolute Gasteiger partial charge is 0.338 e. The third kappa shape index (κ3) is 2.33. The maximum Gasteiger partial charge on any atom is 0.338 e. The van der Waals surface area contributed by atoms with Gasteiger partial charge in [0.05, 0.1) is 18.4 Å². The first-order valence-corrected chi connectivity index (χ1v) is 6.01. The molecule has 1 aliphatic rings. The molecule has 0 saturated heterocycles. The summed E-state index contributed by atoms with van der Waals surface area (Å²) in [6, 6.07) is 2.52. The minimum atomic E-state index is -0.613. The Hall–Kier alpha value is -2.24. The lowest BCUT2D eigenvalue weighted by molar-refractivity contribution is -0.139. The van der Waals surface area contributed by atoms with Crippen molar-refractivity contribution in [2.24, 2.45) is 0 Å². The molecule has 0 bridgehead atoms. The van der Waals surface area contributed by atoms with Crippen LogP contribution in [0.4, 0.5) is 4.79 Å². The van der Waals surface area contributed by atoms with Crippen LogP contribution in [0.1, 0.15) is 25.6 Å². The molecule has 0 spiro atoms. The van der Waals surface area contributed by atoms with Crippen LogP contribution in [0.3, 0.4) is 0 Å². The zero-order valence-electron chi connectivity index (χ0n) is 11.1. The largest absolute Gasteiger partial charge is 0.467 e. The van der Waals surface area contributed by atoms with Gasteiger partial charge in [-0.25, -0.2) is 9.59 Å². The number of ether oxygens (including phenoxy) is 1. The molecule has 1 atom stereocenters. The average molecular weight is 264 g/mol. The minimum Gasteiger partial charge on any atom is -0.467 e. The summed E-state index contributed by atoms with van der Waals surface area (Å²) in [4.78, 5) is 25.3. The van der Waals surface area contributed by atoms with Gasteiger partial charge in [-0.2, -0.15) is 0 Å². The summed E-state index contributed by atoms with van der Waals surface area (Å²) >= 11 is 0. The molecular formula is C13H16N2O4. The summed E-state index contributed by atoms with van der Waals surface area (Å²) in [6.45, 7) is 3.72. The summed E-state index contributed by atoms with van der Waals surface area (Å²) in [5.41, 5.74) is 0.947. The Morgan fingerprint density at radius 3 is 2.89 bits per heavy atom. The van der Waals surface area contributed by atoms with E-state index in [1.54, 1.807) is 33.0 Å². The molecule has 1 aliphatic heterocycles. The second kappa shape index (κ2) is 5.17. The van der Waals surface area contributed by atoms with E-state index in [2.05, 4.69) is 5.32 Å². The lowest BCUT2D eigenvalue weighted by Gasteiger charge is -2.31. The third-order valence-corrected chi connectivity index (χ3v) is 3.08. The van der Waals surface area contributed by atoms with Crippen molar-refractivity contribution in [1.82, 2.24) is 10.2 Å². The van der Waals surface area contributed by atoms with Crippen molar-refractivity contribution in [2.75, 3.05) is 13.7 Å². The van der Waals surface area contributed by atoms with Crippen molar-refractivity contribution in [2.45, 2.75) is 19.9 Å². The van der Waals surface area contributed by atoms with Gasteiger partial charge in [0, 0.05) is 12.7 Å². The number of rotatable bonds is 3. The van der Waals surface area contributed by atoms with Gasteiger partial charge in [0.25, 0.3) is 0 Å². The van der Waals surface area contributed by atoms with Crippen LogP contribution in [0.15, 0.2) is 34.1 Å². The first-order valence-electron chi connectivity index (χ1n) is 6.01. The van der Waals surface area contributed by atoms with Crippen molar-refractivity contribution >= 4 is 12.0 Å². The average Bonchev–Trinajstić information content (AvgIpc) is 2.89. The van der Waals surface area contributed by atoms with Gasteiger partial charge in [0.2, 0.25) is 0 Å². The number of amides is 2. The van der Waals surface area contributed by atoms with Crippen LogP contribution in [0.5, 0.6) is 0 Å². The highest BCUT2D eigenvalue weighted by molar-refractivity contribution is 5.94. The van der Waals surface area contributed by atoms with Crippen LogP contribution in [0.2, 0.25) is 0 Å². The van der Waals surface area contributed by atoms with Crippen molar-refractivity contribution in [3.8, 4) is 0 Å². The maximum absolute atomic E-state index is 12.1. The third-order valence-electron chi connectivity index (χ3n) is 3.08. The molecule has 0 aromatic carbocycles. The zero-order chi connectivity index (χ0) is 14.0. The van der Waals surface area contributed by atoms with E-state index in [1.165, 1.54) is 11.2 Å². The number of carbonyl (C=O) groups excluding carboxylic acids is 2. The Labute approximate surface area is 111 Å². The molecule has 6 nitrogen and oxygen atoms in total. The van der Waals surface area contributed by atoms with Gasteiger partial charge in [-0.3, -0.25) is 0 Å². The number of furan rings is 1. The van der Waals surface area contributed by atoms with E-state index in [0.29, 0.717) is 17.0 Å². The van der Waals surface area contributed by atoms with E-state index in [-0.39, 0.29) is 12.6 Å². The van der Waals surface area contributed by atoms with Crippen molar-refractivity contribution in [3.63, 3.8) is 0 Å². The number of hydrogen-bond donors (Lipinski definition) is 1. The molecule has 0 unspecified atom stereocenters. The van der Waals surface area contributed by atoms with E-state index in [9.17, 15) is 9.59 Å². The molecule has 1 aromatic heterocycles. The van der Waals surface area contributed by atoms with Gasteiger partial charge in [0.15, 0.2) is 0 Å². The van der Waals surface area contributed by atoms with Crippen LogP contribution in [-0.4, -0.2) is 30.6 Å². The Morgan fingerprint density at radius 2 is 2.32 bits per heavy atom. The van der Waals surface area contributed by atoms with E-state index in [1.807, 2.05) is 0 Å².